The first-order valence-corrected chi connectivity index (χ1v) is 9.54. The second-order valence-corrected chi connectivity index (χ2v) is 7.53. The van der Waals surface area contributed by atoms with E-state index in [1.54, 1.807) is 0 Å². The molecule has 4 heterocycles. The van der Waals surface area contributed by atoms with E-state index in [9.17, 15) is 19.6 Å². The van der Waals surface area contributed by atoms with Gasteiger partial charge in [-0.1, -0.05) is 0 Å². The van der Waals surface area contributed by atoms with E-state index in [-0.39, 0.29) is 17.2 Å². The van der Waals surface area contributed by atoms with Crippen LogP contribution in [-0.4, -0.2) is 65.4 Å². The number of carbonyl (C=O) groups is 1. The molecule has 0 unspecified atom stereocenters. The van der Waals surface area contributed by atoms with Gasteiger partial charge in [0.1, 0.15) is 36.1 Å². The maximum absolute atomic E-state index is 11.8. The number of rotatable bonds is 4. The van der Waals surface area contributed by atoms with E-state index in [4.69, 9.17) is 20.3 Å². The van der Waals surface area contributed by atoms with Gasteiger partial charge < -0.3 is 40.4 Å². The molecule has 0 aliphatic carbocycles. The van der Waals surface area contributed by atoms with Crippen LogP contribution in [0.15, 0.2) is 18.6 Å². The molecule has 0 spiro atoms. The van der Waals surface area contributed by atoms with Crippen LogP contribution in [0.2, 0.25) is 0 Å². The lowest BCUT2D eigenvalue weighted by Crippen LogP contribution is -2.33. The minimum atomic E-state index is -4.78. The summed E-state index contributed by atoms with van der Waals surface area (Å²) in [6, 6.07) is 0. The van der Waals surface area contributed by atoms with Gasteiger partial charge in [0.05, 0.1) is 12.0 Å². The van der Waals surface area contributed by atoms with E-state index in [0.717, 1.165) is 0 Å². The average molecular weight is 413 g/mol. The summed E-state index contributed by atoms with van der Waals surface area (Å²) in [6.45, 7) is -0.636. The molecular weight excluding hydrogens is 397 g/mol. The van der Waals surface area contributed by atoms with Crippen molar-refractivity contribution >= 4 is 36.3 Å². The minimum Gasteiger partial charge on any atom is -0.398 e. The highest BCUT2D eigenvalue weighted by Crippen LogP contribution is 2.40. The Morgan fingerprint density at radius 2 is 2.07 bits per heavy atom. The van der Waals surface area contributed by atoms with Crippen molar-refractivity contribution in [3.05, 3.63) is 24.2 Å². The van der Waals surface area contributed by atoms with Gasteiger partial charge in [0.25, 0.3) is 5.91 Å². The van der Waals surface area contributed by atoms with Crippen LogP contribution in [0.25, 0.3) is 16.7 Å². The number of carbonyl (C=O) groups excluding carboxylic acids is 1. The molecule has 28 heavy (non-hydrogen) atoms. The Morgan fingerprint density at radius 1 is 1.32 bits per heavy atom. The lowest BCUT2D eigenvalue weighted by Gasteiger charge is -2.17. The highest BCUT2D eigenvalue weighted by molar-refractivity contribution is 7.46. The molecule has 2 aromatic heterocycles. The van der Waals surface area contributed by atoms with Crippen LogP contribution in [0.1, 0.15) is 11.8 Å². The number of anilines is 1. The van der Waals surface area contributed by atoms with Gasteiger partial charge in [0.15, 0.2) is 6.23 Å². The first kappa shape index (κ1) is 19.0. The third kappa shape index (κ3) is 3.18. The third-order valence-corrected chi connectivity index (χ3v) is 4.95. The van der Waals surface area contributed by atoms with Gasteiger partial charge in [-0.25, -0.2) is 14.5 Å². The minimum absolute atomic E-state index is 0.143. The Bertz CT molecular complexity index is 1030. The number of aromatic nitrogens is 3. The Hall–Kier alpha value is -2.38. The van der Waals surface area contributed by atoms with E-state index in [2.05, 4.69) is 19.8 Å². The van der Waals surface area contributed by atoms with Gasteiger partial charge >= 0.3 is 7.82 Å². The number of phosphoric ester groups is 1. The molecule has 0 aromatic carbocycles. The Balaban J connectivity index is 1.73. The normalized spacial score (nSPS) is 27.6. The number of hydrogen-bond donors (Lipinski definition) is 6. The van der Waals surface area contributed by atoms with Crippen LogP contribution in [0.4, 0.5) is 5.82 Å². The number of nitrogens with two attached hydrogens (primary N) is 1. The van der Waals surface area contributed by atoms with Gasteiger partial charge in [-0.3, -0.25) is 9.32 Å². The molecule has 4 atom stereocenters. The maximum Gasteiger partial charge on any atom is 0.469 e. The Labute approximate surface area is 156 Å². The van der Waals surface area contributed by atoms with Crippen LogP contribution < -0.4 is 11.1 Å². The topological polar surface area (TPSA) is 202 Å². The highest BCUT2D eigenvalue weighted by Gasteiger charge is 2.45. The van der Waals surface area contributed by atoms with E-state index < -0.39 is 44.9 Å². The summed E-state index contributed by atoms with van der Waals surface area (Å²) < 4.78 is 22.2. The molecule has 7 N–H and O–H groups in total. The number of nitrogens with one attached hydrogen (secondary N) is 1. The Kier molecular flexibility index (Phi) is 4.47. The molecule has 2 aliphatic heterocycles. The van der Waals surface area contributed by atoms with Crippen molar-refractivity contribution in [2.24, 2.45) is 5.73 Å². The molecule has 1 fully saturated rings. The van der Waals surface area contributed by atoms with Gasteiger partial charge in [-0.05, 0) is 0 Å². The van der Waals surface area contributed by atoms with Crippen molar-refractivity contribution in [2.45, 2.75) is 24.5 Å². The SMILES string of the molecule is NC1=CC(=O)Nc2ncnc3c2c1cn3[C@@H]1O[C@H](COP(=O)(O)O)[C@@H](O)[C@H]1O. The molecule has 1 saturated heterocycles. The lowest BCUT2D eigenvalue weighted by atomic mass is 10.1. The molecule has 0 radical (unpaired) electrons. The van der Waals surface area contributed by atoms with Crippen molar-refractivity contribution < 1.29 is 38.6 Å². The number of amides is 1. The number of aliphatic hydroxyl groups excluding tert-OH is 2. The van der Waals surface area contributed by atoms with E-state index in [1.165, 1.54) is 23.2 Å². The largest absolute Gasteiger partial charge is 0.469 e. The summed E-state index contributed by atoms with van der Waals surface area (Å²) in [5, 5.41) is 23.6. The second-order valence-electron chi connectivity index (χ2n) is 6.29. The fraction of sp³-hybridized carbons (Fsp3) is 0.357. The molecule has 13 nitrogen and oxygen atoms in total. The predicted molar refractivity (Wildman–Crippen MR) is 92.2 cm³/mol. The summed E-state index contributed by atoms with van der Waals surface area (Å²) in [4.78, 5) is 37.6. The molecule has 0 bridgehead atoms. The maximum atomic E-state index is 11.8. The average Bonchev–Trinajstić information content (AvgIpc) is 3.08. The summed E-state index contributed by atoms with van der Waals surface area (Å²) >= 11 is 0. The lowest BCUT2D eigenvalue weighted by molar-refractivity contribution is -0.111. The van der Waals surface area contributed by atoms with Gasteiger partial charge in [-0.2, -0.15) is 0 Å². The predicted octanol–water partition coefficient (Wildman–Crippen LogP) is -1.59. The number of hydrogen-bond acceptors (Lipinski definition) is 9. The molecule has 150 valence electrons. The van der Waals surface area contributed by atoms with Crippen LogP contribution in [0.5, 0.6) is 0 Å². The molecule has 2 aliphatic rings. The van der Waals surface area contributed by atoms with Crippen LogP contribution in [-0.2, 0) is 18.6 Å². The zero-order valence-corrected chi connectivity index (χ0v) is 14.9. The summed E-state index contributed by atoms with van der Waals surface area (Å²) in [5.41, 5.74) is 6.80. The second kappa shape index (κ2) is 6.60. The molecule has 4 rings (SSSR count). The van der Waals surface area contributed by atoms with Crippen molar-refractivity contribution in [1.82, 2.24) is 14.5 Å². The zero-order valence-electron chi connectivity index (χ0n) is 14.0. The first-order chi connectivity index (χ1) is 13.2. The summed E-state index contributed by atoms with van der Waals surface area (Å²) in [5.74, 6) is -0.239. The molecule has 2 aromatic rings. The quantitative estimate of drug-likeness (QED) is 0.315. The molecule has 0 saturated carbocycles. The smallest absolute Gasteiger partial charge is 0.398 e. The van der Waals surface area contributed by atoms with Gasteiger partial charge in [0.2, 0.25) is 0 Å². The van der Waals surface area contributed by atoms with Crippen molar-refractivity contribution in [2.75, 3.05) is 11.9 Å². The Morgan fingerprint density at radius 3 is 2.79 bits per heavy atom. The zero-order chi connectivity index (χ0) is 20.2. The summed E-state index contributed by atoms with van der Waals surface area (Å²) in [6.07, 6.45) is -1.40. The number of aliphatic hydroxyl groups is 2. The van der Waals surface area contributed by atoms with Crippen molar-refractivity contribution in [3.63, 3.8) is 0 Å². The van der Waals surface area contributed by atoms with E-state index >= 15 is 0 Å². The standard InChI is InChI=1S/C14H16N5O8P/c15-6-1-8(20)18-12-9-5(6)2-19(13(9)17-4-16-12)14-11(22)10(21)7(27-14)3-26-28(23,24)25/h1-2,4,7,10-11,14,21-22H,3,15H2,(H2,23,24,25)(H,16,17,18,20)/t7-,10-,11-,14-/m1/s1. The first-order valence-electron chi connectivity index (χ1n) is 8.01. The number of nitrogens with zero attached hydrogens (tertiary/aromatic N) is 3. The fourth-order valence-corrected chi connectivity index (χ4v) is 3.57. The fourth-order valence-electron chi connectivity index (χ4n) is 3.23. The van der Waals surface area contributed by atoms with E-state index in [0.29, 0.717) is 10.9 Å². The number of phosphoric acid groups is 1. The van der Waals surface area contributed by atoms with Crippen molar-refractivity contribution in [1.29, 1.82) is 0 Å². The van der Waals surface area contributed by atoms with Gasteiger partial charge in [0, 0.05) is 23.5 Å². The van der Waals surface area contributed by atoms with Crippen LogP contribution in [0, 0.1) is 0 Å². The van der Waals surface area contributed by atoms with Gasteiger partial charge in [-0.15, -0.1) is 0 Å². The molecule has 14 heteroatoms. The third-order valence-electron chi connectivity index (χ3n) is 4.47. The highest BCUT2D eigenvalue weighted by atomic mass is 31.2. The molecular formula is C14H16N5O8P. The summed E-state index contributed by atoms with van der Waals surface area (Å²) in [7, 11) is -4.78. The monoisotopic (exact) mass is 413 g/mol. The van der Waals surface area contributed by atoms with E-state index in [1.807, 2.05) is 0 Å². The van der Waals surface area contributed by atoms with Crippen LogP contribution in [0.3, 0.4) is 0 Å². The number of ether oxygens (including phenoxy) is 1. The van der Waals surface area contributed by atoms with Crippen LogP contribution >= 0.6 is 7.82 Å². The molecule has 1 amide bonds. The van der Waals surface area contributed by atoms with Crippen molar-refractivity contribution in [3.8, 4) is 0 Å².